The number of aryl methyl sites for hydroxylation is 1. The fourth-order valence-corrected chi connectivity index (χ4v) is 4.64. The van der Waals surface area contributed by atoms with E-state index in [1.807, 2.05) is 31.2 Å². The molecule has 0 saturated carbocycles. The minimum absolute atomic E-state index is 0.164. The number of nitrogens with zero attached hydrogens (tertiary/aromatic N) is 3. The lowest BCUT2D eigenvalue weighted by Gasteiger charge is -2.23. The van der Waals surface area contributed by atoms with Crippen LogP contribution in [0.25, 0.3) is 33.3 Å². The van der Waals surface area contributed by atoms with E-state index in [1.165, 1.54) is 0 Å². The van der Waals surface area contributed by atoms with E-state index in [-0.39, 0.29) is 17.4 Å². The summed E-state index contributed by atoms with van der Waals surface area (Å²) >= 11 is 6.64. The van der Waals surface area contributed by atoms with Gasteiger partial charge in [0.1, 0.15) is 11.4 Å². The smallest absolute Gasteiger partial charge is 0.260 e. The minimum Gasteiger partial charge on any atom is -0.507 e. The summed E-state index contributed by atoms with van der Waals surface area (Å²) in [5.41, 5.74) is 2.98. The second-order valence-corrected chi connectivity index (χ2v) is 8.73. The lowest BCUT2D eigenvalue weighted by molar-refractivity contribution is 0.0903. The summed E-state index contributed by atoms with van der Waals surface area (Å²) in [4.78, 5) is 22.6. The molecular weight excluding hydrogens is 452 g/mol. The molecule has 2 N–H and O–H groups in total. The summed E-state index contributed by atoms with van der Waals surface area (Å²) in [7, 11) is 0. The minimum atomic E-state index is -0.164. The van der Waals surface area contributed by atoms with Crippen LogP contribution >= 0.6 is 11.6 Å². The molecule has 0 aliphatic carbocycles. The standard InChI is InChI=1S/C26H25ClN4O3/c1-2-31-24-17(15-28-26(30-24)29-18-9-11-34-12-10-18)13-21(25(31)33)20-8-7-16(14-22(20)27)19-5-3-4-6-23(19)32/h3-8,13-15,18,32H,2,9-12H2,1H3,(H,28,29,30). The Morgan fingerprint density at radius 3 is 2.65 bits per heavy atom. The van der Waals surface area contributed by atoms with Crippen molar-refractivity contribution in [2.75, 3.05) is 18.5 Å². The van der Waals surface area contributed by atoms with Crippen LogP contribution in [-0.2, 0) is 11.3 Å². The van der Waals surface area contributed by atoms with E-state index in [0.29, 0.717) is 39.9 Å². The highest BCUT2D eigenvalue weighted by molar-refractivity contribution is 6.33. The highest BCUT2D eigenvalue weighted by Crippen LogP contribution is 2.35. The van der Waals surface area contributed by atoms with Gasteiger partial charge in [-0.25, -0.2) is 4.98 Å². The Hall–Kier alpha value is -3.42. The third kappa shape index (κ3) is 4.24. The second-order valence-electron chi connectivity index (χ2n) is 8.32. The summed E-state index contributed by atoms with van der Waals surface area (Å²) in [5, 5.41) is 14.7. The van der Waals surface area contributed by atoms with Gasteiger partial charge in [-0.3, -0.25) is 9.36 Å². The van der Waals surface area contributed by atoms with Gasteiger partial charge in [0, 0.05) is 59.1 Å². The molecule has 8 heteroatoms. The Morgan fingerprint density at radius 2 is 1.91 bits per heavy atom. The predicted molar refractivity (Wildman–Crippen MR) is 134 cm³/mol. The van der Waals surface area contributed by atoms with E-state index in [9.17, 15) is 9.90 Å². The van der Waals surface area contributed by atoms with Gasteiger partial charge in [-0.2, -0.15) is 4.98 Å². The van der Waals surface area contributed by atoms with Gasteiger partial charge in [-0.05, 0) is 43.5 Å². The molecule has 2 aromatic carbocycles. The number of aromatic nitrogens is 3. The van der Waals surface area contributed by atoms with Crippen LogP contribution in [0.1, 0.15) is 19.8 Å². The number of benzene rings is 2. The Balaban J connectivity index is 1.55. The summed E-state index contributed by atoms with van der Waals surface area (Å²) in [5.74, 6) is 0.687. The largest absolute Gasteiger partial charge is 0.507 e. The number of hydrogen-bond acceptors (Lipinski definition) is 6. The van der Waals surface area contributed by atoms with E-state index >= 15 is 0 Å². The molecule has 4 aromatic rings. The Bertz CT molecular complexity index is 1410. The Kier molecular flexibility index (Phi) is 6.22. The molecule has 0 amide bonds. The number of aromatic hydroxyl groups is 1. The second kappa shape index (κ2) is 9.44. The third-order valence-electron chi connectivity index (χ3n) is 6.17. The normalized spacial score (nSPS) is 14.4. The van der Waals surface area contributed by atoms with Crippen molar-refractivity contribution in [3.05, 3.63) is 70.1 Å². The molecule has 0 bridgehead atoms. The zero-order valence-electron chi connectivity index (χ0n) is 18.8. The lowest BCUT2D eigenvalue weighted by atomic mass is 9.99. The Labute approximate surface area is 202 Å². The van der Waals surface area contributed by atoms with Crippen LogP contribution in [0.3, 0.4) is 0 Å². The fourth-order valence-electron chi connectivity index (χ4n) is 4.36. The van der Waals surface area contributed by atoms with Crippen LogP contribution in [0.2, 0.25) is 5.02 Å². The molecule has 1 saturated heterocycles. The SMILES string of the molecule is CCn1c(=O)c(-c2ccc(-c3ccccc3O)cc2Cl)cc2cnc(NC3CCOCC3)nc21. The molecular formula is C26H25ClN4O3. The van der Waals surface area contributed by atoms with E-state index in [4.69, 9.17) is 16.3 Å². The van der Waals surface area contributed by atoms with Crippen molar-refractivity contribution in [1.82, 2.24) is 14.5 Å². The molecule has 1 fully saturated rings. The van der Waals surface area contributed by atoms with E-state index in [1.54, 1.807) is 35.0 Å². The first-order valence-electron chi connectivity index (χ1n) is 11.4. The number of rotatable bonds is 5. The molecule has 174 valence electrons. The van der Waals surface area contributed by atoms with Crippen molar-refractivity contribution in [2.24, 2.45) is 0 Å². The molecule has 3 heterocycles. The maximum absolute atomic E-state index is 13.4. The quantitative estimate of drug-likeness (QED) is 0.417. The molecule has 0 radical (unpaired) electrons. The monoisotopic (exact) mass is 476 g/mol. The average Bonchev–Trinajstić information content (AvgIpc) is 2.85. The van der Waals surface area contributed by atoms with Crippen molar-refractivity contribution < 1.29 is 9.84 Å². The van der Waals surface area contributed by atoms with E-state index in [2.05, 4.69) is 15.3 Å². The summed E-state index contributed by atoms with van der Waals surface area (Å²) in [6, 6.07) is 14.6. The number of ether oxygens (including phenoxy) is 1. The van der Waals surface area contributed by atoms with Gasteiger partial charge < -0.3 is 15.2 Å². The number of pyridine rings is 1. The maximum atomic E-state index is 13.4. The molecule has 1 aliphatic heterocycles. The first-order chi connectivity index (χ1) is 16.5. The Morgan fingerprint density at radius 1 is 1.12 bits per heavy atom. The zero-order valence-corrected chi connectivity index (χ0v) is 19.5. The first-order valence-corrected chi connectivity index (χ1v) is 11.8. The fraction of sp³-hybridized carbons (Fsp3) is 0.269. The summed E-state index contributed by atoms with van der Waals surface area (Å²) < 4.78 is 7.06. The highest BCUT2D eigenvalue weighted by atomic mass is 35.5. The van der Waals surface area contributed by atoms with Gasteiger partial charge in [0.25, 0.3) is 5.56 Å². The van der Waals surface area contributed by atoms with Crippen LogP contribution in [0, 0.1) is 0 Å². The molecule has 0 unspecified atom stereocenters. The molecule has 0 atom stereocenters. The zero-order chi connectivity index (χ0) is 23.7. The number of halogens is 1. The van der Waals surface area contributed by atoms with Gasteiger partial charge in [0.05, 0.1) is 0 Å². The van der Waals surface area contributed by atoms with Crippen molar-refractivity contribution in [3.63, 3.8) is 0 Å². The van der Waals surface area contributed by atoms with Crippen molar-refractivity contribution in [3.8, 4) is 28.0 Å². The summed E-state index contributed by atoms with van der Waals surface area (Å²) in [6.45, 7) is 3.82. The average molecular weight is 477 g/mol. The van der Waals surface area contributed by atoms with Crippen LogP contribution < -0.4 is 10.9 Å². The molecule has 7 nitrogen and oxygen atoms in total. The molecule has 1 aliphatic rings. The number of phenolic OH excluding ortho intramolecular Hbond substituents is 1. The number of hydrogen-bond donors (Lipinski definition) is 2. The van der Waals surface area contributed by atoms with Crippen molar-refractivity contribution in [1.29, 1.82) is 0 Å². The molecule has 5 rings (SSSR count). The van der Waals surface area contributed by atoms with Gasteiger partial charge in [-0.15, -0.1) is 0 Å². The van der Waals surface area contributed by atoms with Gasteiger partial charge in [-0.1, -0.05) is 41.9 Å². The maximum Gasteiger partial charge on any atom is 0.260 e. The van der Waals surface area contributed by atoms with Crippen molar-refractivity contribution in [2.45, 2.75) is 32.4 Å². The number of fused-ring (bicyclic) bond motifs is 1. The molecule has 34 heavy (non-hydrogen) atoms. The highest BCUT2D eigenvalue weighted by Gasteiger charge is 2.18. The lowest BCUT2D eigenvalue weighted by Crippen LogP contribution is -2.29. The van der Waals surface area contributed by atoms with Gasteiger partial charge >= 0.3 is 0 Å². The molecule has 2 aromatic heterocycles. The van der Waals surface area contributed by atoms with Gasteiger partial charge in [0.2, 0.25) is 5.95 Å². The van der Waals surface area contributed by atoms with E-state index < -0.39 is 0 Å². The van der Waals surface area contributed by atoms with E-state index in [0.717, 1.165) is 37.0 Å². The number of anilines is 1. The van der Waals surface area contributed by atoms with Crippen molar-refractivity contribution >= 4 is 28.6 Å². The molecule has 0 spiro atoms. The van der Waals surface area contributed by atoms with Crippen LogP contribution in [0.15, 0.2) is 59.5 Å². The third-order valence-corrected chi connectivity index (χ3v) is 6.48. The topological polar surface area (TPSA) is 89.3 Å². The predicted octanol–water partition coefficient (Wildman–Crippen LogP) is 5.10. The number of nitrogens with one attached hydrogen (secondary N) is 1. The summed E-state index contributed by atoms with van der Waals surface area (Å²) in [6.07, 6.45) is 3.54. The van der Waals surface area contributed by atoms with Crippen LogP contribution in [0.4, 0.5) is 5.95 Å². The first kappa shape index (κ1) is 22.4. The van der Waals surface area contributed by atoms with Crippen LogP contribution in [-0.4, -0.2) is 38.9 Å². The number of phenols is 1. The van der Waals surface area contributed by atoms with Gasteiger partial charge in [0.15, 0.2) is 0 Å². The number of para-hydroxylation sites is 1. The van der Waals surface area contributed by atoms with Crippen LogP contribution in [0.5, 0.6) is 5.75 Å².